The number of carbonyl (C=O) groups excluding carboxylic acids is 1. The molecule has 0 fully saturated rings. The van der Waals surface area contributed by atoms with Crippen molar-refractivity contribution < 1.29 is 18.7 Å². The summed E-state index contributed by atoms with van der Waals surface area (Å²) in [4.78, 5) is 11.8. The van der Waals surface area contributed by atoms with Gasteiger partial charge in [-0.15, -0.1) is 0 Å². The quantitative estimate of drug-likeness (QED) is 0.854. The minimum Gasteiger partial charge on any atom is -0.493 e. The second kappa shape index (κ2) is 8.17. The van der Waals surface area contributed by atoms with E-state index in [-0.39, 0.29) is 18.3 Å². The van der Waals surface area contributed by atoms with Crippen molar-refractivity contribution in [3.63, 3.8) is 0 Å². The molecular weight excluding hydrogens is 297 g/mol. The van der Waals surface area contributed by atoms with Gasteiger partial charge in [0.05, 0.1) is 7.11 Å². The van der Waals surface area contributed by atoms with Gasteiger partial charge < -0.3 is 14.8 Å². The summed E-state index contributed by atoms with van der Waals surface area (Å²) in [6.45, 7) is 2.11. The number of rotatable bonds is 7. The summed E-state index contributed by atoms with van der Waals surface area (Å²) >= 11 is 0. The van der Waals surface area contributed by atoms with E-state index in [1.54, 1.807) is 38.3 Å². The lowest BCUT2D eigenvalue weighted by atomic mass is 10.1. The van der Waals surface area contributed by atoms with Gasteiger partial charge in [0.25, 0.3) is 5.91 Å². The molecule has 23 heavy (non-hydrogen) atoms. The summed E-state index contributed by atoms with van der Waals surface area (Å²) in [5, 5.41) is 2.77. The molecule has 0 unspecified atom stereocenters. The number of ether oxygens (including phenoxy) is 2. The van der Waals surface area contributed by atoms with Gasteiger partial charge in [-0.1, -0.05) is 24.3 Å². The lowest BCUT2D eigenvalue weighted by Gasteiger charge is -2.10. The normalized spacial score (nSPS) is 10.2. The third-order valence-electron chi connectivity index (χ3n) is 3.39. The topological polar surface area (TPSA) is 47.6 Å². The van der Waals surface area contributed by atoms with Crippen LogP contribution in [0.3, 0.4) is 0 Å². The van der Waals surface area contributed by atoms with E-state index in [9.17, 15) is 9.18 Å². The Morgan fingerprint density at radius 3 is 2.61 bits per heavy atom. The molecule has 0 atom stereocenters. The maximum Gasteiger partial charge on any atom is 0.257 e. The maximum atomic E-state index is 13.2. The first-order chi connectivity index (χ1) is 11.1. The molecular formula is C18H20FNO3. The van der Waals surface area contributed by atoms with Crippen molar-refractivity contribution in [1.29, 1.82) is 0 Å². The zero-order chi connectivity index (χ0) is 16.7. The Balaban J connectivity index is 1.76. The first-order valence-electron chi connectivity index (χ1n) is 7.37. The molecule has 0 aromatic heterocycles. The Labute approximate surface area is 135 Å². The number of benzene rings is 2. The van der Waals surface area contributed by atoms with E-state index in [2.05, 4.69) is 5.32 Å². The van der Waals surface area contributed by atoms with E-state index in [0.717, 1.165) is 5.56 Å². The number of nitrogens with one attached hydrogen (secondary N) is 1. The highest BCUT2D eigenvalue weighted by Gasteiger charge is 2.06. The van der Waals surface area contributed by atoms with Crippen molar-refractivity contribution in [3.8, 4) is 11.5 Å². The van der Waals surface area contributed by atoms with Crippen molar-refractivity contribution >= 4 is 5.91 Å². The molecule has 2 rings (SSSR count). The van der Waals surface area contributed by atoms with Crippen molar-refractivity contribution in [1.82, 2.24) is 5.32 Å². The van der Waals surface area contributed by atoms with E-state index >= 15 is 0 Å². The van der Waals surface area contributed by atoms with Crippen LogP contribution in [0.25, 0.3) is 0 Å². The third kappa shape index (κ3) is 4.98. The molecule has 4 nitrogen and oxygen atoms in total. The molecule has 122 valence electrons. The van der Waals surface area contributed by atoms with Crippen LogP contribution in [0.2, 0.25) is 0 Å². The predicted octanol–water partition coefficient (Wildman–Crippen LogP) is 2.88. The Hall–Kier alpha value is -2.56. The Bertz CT molecular complexity index is 673. The predicted molar refractivity (Wildman–Crippen MR) is 86.3 cm³/mol. The fourth-order valence-corrected chi connectivity index (χ4v) is 2.14. The van der Waals surface area contributed by atoms with Crippen LogP contribution in [0.1, 0.15) is 11.1 Å². The first kappa shape index (κ1) is 16.8. The van der Waals surface area contributed by atoms with Gasteiger partial charge in [-0.3, -0.25) is 4.79 Å². The number of hydrogen-bond donors (Lipinski definition) is 1. The zero-order valence-electron chi connectivity index (χ0n) is 13.3. The highest BCUT2D eigenvalue weighted by Crippen LogP contribution is 2.25. The highest BCUT2D eigenvalue weighted by atomic mass is 19.1. The summed E-state index contributed by atoms with van der Waals surface area (Å²) in [6, 6.07) is 12.1. The van der Waals surface area contributed by atoms with E-state index in [1.807, 2.05) is 12.1 Å². The van der Waals surface area contributed by atoms with Crippen LogP contribution >= 0.6 is 0 Å². The van der Waals surface area contributed by atoms with Gasteiger partial charge in [-0.25, -0.2) is 4.39 Å². The molecule has 2 aromatic rings. The Morgan fingerprint density at radius 1 is 1.17 bits per heavy atom. The molecule has 0 aliphatic heterocycles. The van der Waals surface area contributed by atoms with Crippen LogP contribution in [0.4, 0.5) is 4.39 Å². The summed E-state index contributed by atoms with van der Waals surface area (Å²) in [6.07, 6.45) is 0.640. The average Bonchev–Trinajstić information content (AvgIpc) is 2.56. The number of carbonyl (C=O) groups is 1. The Morgan fingerprint density at radius 2 is 1.91 bits per heavy atom. The molecule has 0 aliphatic rings. The number of hydrogen-bond acceptors (Lipinski definition) is 3. The molecule has 2 aromatic carbocycles. The van der Waals surface area contributed by atoms with E-state index in [4.69, 9.17) is 9.47 Å². The van der Waals surface area contributed by atoms with Crippen LogP contribution in [0, 0.1) is 12.7 Å². The molecule has 5 heteroatoms. The maximum absolute atomic E-state index is 13.2. The SMILES string of the molecule is COc1ccccc1OCC(=O)NCCc1ccc(F)c(C)c1. The molecule has 0 radical (unpaired) electrons. The molecule has 0 aliphatic carbocycles. The van der Waals surface area contributed by atoms with Crippen molar-refractivity contribution in [2.24, 2.45) is 0 Å². The zero-order valence-corrected chi connectivity index (χ0v) is 13.3. The fourth-order valence-electron chi connectivity index (χ4n) is 2.14. The molecule has 0 spiro atoms. The Kier molecular flexibility index (Phi) is 5.97. The number of methoxy groups -OCH3 is 1. The molecule has 0 saturated carbocycles. The summed E-state index contributed by atoms with van der Waals surface area (Å²) < 4.78 is 23.8. The van der Waals surface area contributed by atoms with Gasteiger partial charge in [-0.2, -0.15) is 0 Å². The van der Waals surface area contributed by atoms with E-state index in [0.29, 0.717) is 30.0 Å². The minimum atomic E-state index is -0.219. The van der Waals surface area contributed by atoms with E-state index < -0.39 is 0 Å². The van der Waals surface area contributed by atoms with Gasteiger partial charge >= 0.3 is 0 Å². The first-order valence-corrected chi connectivity index (χ1v) is 7.37. The number of amides is 1. The van der Waals surface area contributed by atoms with Gasteiger partial charge in [0.1, 0.15) is 5.82 Å². The minimum absolute atomic E-state index is 0.0805. The third-order valence-corrected chi connectivity index (χ3v) is 3.39. The van der Waals surface area contributed by atoms with Crippen LogP contribution in [-0.4, -0.2) is 26.2 Å². The monoisotopic (exact) mass is 317 g/mol. The van der Waals surface area contributed by atoms with Crippen molar-refractivity contribution in [2.45, 2.75) is 13.3 Å². The van der Waals surface area contributed by atoms with Crippen LogP contribution in [0.5, 0.6) is 11.5 Å². The van der Waals surface area contributed by atoms with E-state index in [1.165, 1.54) is 6.07 Å². The summed E-state index contributed by atoms with van der Waals surface area (Å²) in [5.74, 6) is 0.680. The number of aryl methyl sites for hydroxylation is 1. The largest absolute Gasteiger partial charge is 0.493 e. The van der Waals surface area contributed by atoms with Gasteiger partial charge in [0.2, 0.25) is 0 Å². The van der Waals surface area contributed by atoms with Crippen LogP contribution in [-0.2, 0) is 11.2 Å². The lowest BCUT2D eigenvalue weighted by Crippen LogP contribution is -2.30. The molecule has 1 N–H and O–H groups in total. The van der Waals surface area contributed by atoms with Crippen LogP contribution < -0.4 is 14.8 Å². The lowest BCUT2D eigenvalue weighted by molar-refractivity contribution is -0.123. The second-order valence-corrected chi connectivity index (χ2v) is 5.12. The molecule has 1 amide bonds. The smallest absolute Gasteiger partial charge is 0.257 e. The van der Waals surface area contributed by atoms with Gasteiger partial charge in [0, 0.05) is 6.54 Å². The van der Waals surface area contributed by atoms with Crippen molar-refractivity contribution in [2.75, 3.05) is 20.3 Å². The van der Waals surface area contributed by atoms with Gasteiger partial charge in [0.15, 0.2) is 18.1 Å². The molecule has 0 heterocycles. The average molecular weight is 317 g/mol. The number of para-hydroxylation sites is 2. The fraction of sp³-hybridized carbons (Fsp3) is 0.278. The number of halogens is 1. The molecule has 0 bridgehead atoms. The summed E-state index contributed by atoms with van der Waals surface area (Å²) in [5.41, 5.74) is 1.59. The van der Waals surface area contributed by atoms with Gasteiger partial charge in [-0.05, 0) is 42.7 Å². The summed E-state index contributed by atoms with van der Waals surface area (Å²) in [7, 11) is 1.55. The molecule has 0 saturated heterocycles. The van der Waals surface area contributed by atoms with Crippen LogP contribution in [0.15, 0.2) is 42.5 Å². The standard InChI is InChI=1S/C18H20FNO3/c1-13-11-14(7-8-15(13)19)9-10-20-18(21)12-23-17-6-4-3-5-16(17)22-2/h3-8,11H,9-10,12H2,1-2H3,(H,20,21). The van der Waals surface area contributed by atoms with Crippen molar-refractivity contribution in [3.05, 3.63) is 59.4 Å². The second-order valence-electron chi connectivity index (χ2n) is 5.12. The highest BCUT2D eigenvalue weighted by molar-refractivity contribution is 5.77.